The van der Waals surface area contributed by atoms with E-state index in [2.05, 4.69) is 16.1 Å². The third kappa shape index (κ3) is 4.09. The molecule has 1 aromatic carbocycles. The molecule has 0 amide bonds. The zero-order valence-electron chi connectivity index (χ0n) is 11.2. The van der Waals surface area contributed by atoms with Crippen molar-refractivity contribution in [2.75, 3.05) is 5.32 Å². The van der Waals surface area contributed by atoms with Crippen LogP contribution in [0.25, 0.3) is 0 Å². The van der Waals surface area contributed by atoms with Crippen LogP contribution in [0.2, 0.25) is 0 Å². The molecule has 2 atom stereocenters. The fraction of sp³-hybridized carbons (Fsp3) is 0.533. The van der Waals surface area contributed by atoms with Crippen molar-refractivity contribution in [3.05, 3.63) is 24.3 Å². The van der Waals surface area contributed by atoms with Gasteiger partial charge < -0.3 is 10.1 Å². The zero-order valence-corrected chi connectivity index (χ0v) is 11.2. The molecular weight excluding hydrogens is 262 g/mol. The first-order valence-corrected chi connectivity index (χ1v) is 6.90. The van der Waals surface area contributed by atoms with Crippen LogP contribution in [0.3, 0.4) is 0 Å². The molecule has 1 N–H and O–H groups in total. The highest BCUT2D eigenvalue weighted by molar-refractivity contribution is 5.47. The monoisotopic (exact) mass is 280 g/mol. The molecule has 2 rings (SSSR count). The molecule has 1 aliphatic carbocycles. The number of hydrogen-bond donors (Lipinski definition) is 1. The van der Waals surface area contributed by atoms with Gasteiger partial charge in [0, 0.05) is 11.7 Å². The summed E-state index contributed by atoms with van der Waals surface area (Å²) in [6.07, 6.45) is 5.26. The van der Waals surface area contributed by atoms with Crippen molar-refractivity contribution in [3.8, 4) is 11.8 Å². The largest absolute Gasteiger partial charge is 0.435 e. The summed E-state index contributed by atoms with van der Waals surface area (Å²) in [5, 5.41) is 12.6. The predicted octanol–water partition coefficient (Wildman–Crippen LogP) is 4.17. The van der Waals surface area contributed by atoms with E-state index in [0.29, 0.717) is 0 Å². The molecule has 0 spiro atoms. The molecule has 0 radical (unpaired) electrons. The zero-order chi connectivity index (χ0) is 14.4. The van der Waals surface area contributed by atoms with Gasteiger partial charge in [-0.05, 0) is 37.1 Å². The number of nitrogens with zero attached hydrogens (tertiary/aromatic N) is 1. The topological polar surface area (TPSA) is 45.0 Å². The fourth-order valence-electron chi connectivity index (χ4n) is 2.58. The van der Waals surface area contributed by atoms with E-state index in [9.17, 15) is 14.0 Å². The summed E-state index contributed by atoms with van der Waals surface area (Å²) in [4.78, 5) is 0. The number of anilines is 1. The van der Waals surface area contributed by atoms with Crippen LogP contribution in [0.4, 0.5) is 14.5 Å². The Morgan fingerprint density at radius 2 is 1.85 bits per heavy atom. The third-order valence-electron chi connectivity index (χ3n) is 3.61. The highest BCUT2D eigenvalue weighted by atomic mass is 19.3. The first-order valence-electron chi connectivity index (χ1n) is 6.90. The first kappa shape index (κ1) is 14.6. The van der Waals surface area contributed by atoms with Gasteiger partial charge in [0.25, 0.3) is 0 Å². The van der Waals surface area contributed by atoms with Gasteiger partial charge in [0.1, 0.15) is 5.75 Å². The van der Waals surface area contributed by atoms with Crippen LogP contribution < -0.4 is 10.1 Å². The molecule has 108 valence electrons. The average molecular weight is 280 g/mol. The first-order chi connectivity index (χ1) is 9.69. The number of benzene rings is 1. The molecular formula is C15H18F2N2O. The number of nitrogens with one attached hydrogen (secondary N) is 1. The molecule has 0 aliphatic heterocycles. The molecule has 1 saturated carbocycles. The molecule has 1 aliphatic rings. The molecule has 0 aromatic heterocycles. The minimum absolute atomic E-state index is 0.00879. The maximum atomic E-state index is 12.1. The Balaban J connectivity index is 1.99. The minimum Gasteiger partial charge on any atom is -0.435 e. The van der Waals surface area contributed by atoms with Crippen molar-refractivity contribution in [2.24, 2.45) is 5.92 Å². The van der Waals surface area contributed by atoms with E-state index in [0.717, 1.165) is 37.8 Å². The summed E-state index contributed by atoms with van der Waals surface area (Å²) >= 11 is 0. The van der Waals surface area contributed by atoms with Crippen LogP contribution in [-0.2, 0) is 0 Å². The standard InChI is InChI=1S/C15H18F2N2O/c16-15(17)20-13-8-6-12(7-9-13)19-14-5-3-1-2-4-11(14)10-18/h6-9,11,14-15,19H,1-5H2. The Bertz CT molecular complexity index is 456. The molecule has 1 aromatic rings. The quantitative estimate of drug-likeness (QED) is 0.842. The Morgan fingerprint density at radius 1 is 1.15 bits per heavy atom. The second-order valence-corrected chi connectivity index (χ2v) is 5.03. The van der Waals surface area contributed by atoms with Crippen LogP contribution in [0.1, 0.15) is 32.1 Å². The van der Waals surface area contributed by atoms with Crippen LogP contribution in [-0.4, -0.2) is 12.7 Å². The summed E-state index contributed by atoms with van der Waals surface area (Å²) in [6, 6.07) is 8.92. The highest BCUT2D eigenvalue weighted by Crippen LogP contribution is 2.27. The normalized spacial score (nSPS) is 22.9. The van der Waals surface area contributed by atoms with Crippen molar-refractivity contribution in [1.82, 2.24) is 0 Å². The van der Waals surface area contributed by atoms with E-state index < -0.39 is 6.61 Å². The second kappa shape index (κ2) is 7.09. The van der Waals surface area contributed by atoms with Crippen molar-refractivity contribution in [1.29, 1.82) is 5.26 Å². The van der Waals surface area contributed by atoms with Gasteiger partial charge in [-0.2, -0.15) is 14.0 Å². The van der Waals surface area contributed by atoms with Gasteiger partial charge >= 0.3 is 6.61 Å². The predicted molar refractivity (Wildman–Crippen MR) is 72.7 cm³/mol. The van der Waals surface area contributed by atoms with Crippen LogP contribution in [0, 0.1) is 17.2 Å². The number of nitriles is 1. The number of alkyl halides is 2. The average Bonchev–Trinajstić information content (AvgIpc) is 2.65. The van der Waals surface area contributed by atoms with E-state index >= 15 is 0 Å². The molecule has 5 heteroatoms. The lowest BCUT2D eigenvalue weighted by molar-refractivity contribution is -0.0498. The van der Waals surface area contributed by atoms with E-state index in [1.165, 1.54) is 12.1 Å². The number of halogens is 2. The summed E-state index contributed by atoms with van der Waals surface area (Å²) < 4.78 is 28.4. The van der Waals surface area contributed by atoms with Crippen molar-refractivity contribution in [2.45, 2.75) is 44.8 Å². The molecule has 0 heterocycles. The van der Waals surface area contributed by atoms with Gasteiger partial charge in [0.05, 0.1) is 12.0 Å². The summed E-state index contributed by atoms with van der Waals surface area (Å²) in [7, 11) is 0. The number of rotatable bonds is 4. The number of hydrogen-bond acceptors (Lipinski definition) is 3. The molecule has 20 heavy (non-hydrogen) atoms. The van der Waals surface area contributed by atoms with E-state index in [-0.39, 0.29) is 17.7 Å². The van der Waals surface area contributed by atoms with Gasteiger partial charge in [-0.25, -0.2) is 0 Å². The Labute approximate surface area is 117 Å². The molecule has 0 bridgehead atoms. The molecule has 1 fully saturated rings. The second-order valence-electron chi connectivity index (χ2n) is 5.03. The SMILES string of the molecule is N#CC1CCCCCC1Nc1ccc(OC(F)F)cc1. The maximum absolute atomic E-state index is 12.1. The number of ether oxygens (including phenoxy) is 1. The lowest BCUT2D eigenvalue weighted by Gasteiger charge is -2.22. The fourth-order valence-corrected chi connectivity index (χ4v) is 2.58. The van der Waals surface area contributed by atoms with E-state index in [1.54, 1.807) is 12.1 Å². The van der Waals surface area contributed by atoms with Crippen molar-refractivity contribution < 1.29 is 13.5 Å². The van der Waals surface area contributed by atoms with Gasteiger partial charge in [0.15, 0.2) is 0 Å². The smallest absolute Gasteiger partial charge is 0.387 e. The Morgan fingerprint density at radius 3 is 2.50 bits per heavy atom. The third-order valence-corrected chi connectivity index (χ3v) is 3.61. The van der Waals surface area contributed by atoms with Gasteiger partial charge in [-0.3, -0.25) is 0 Å². The van der Waals surface area contributed by atoms with Crippen LogP contribution >= 0.6 is 0 Å². The van der Waals surface area contributed by atoms with Crippen LogP contribution in [0.5, 0.6) is 5.75 Å². The lowest BCUT2D eigenvalue weighted by atomic mass is 9.96. The molecule has 2 unspecified atom stereocenters. The maximum Gasteiger partial charge on any atom is 0.387 e. The summed E-state index contributed by atoms with van der Waals surface area (Å²) in [5.74, 6) is 0.151. The summed E-state index contributed by atoms with van der Waals surface area (Å²) in [6.45, 7) is -2.81. The van der Waals surface area contributed by atoms with Gasteiger partial charge in [0.2, 0.25) is 0 Å². The molecule has 3 nitrogen and oxygen atoms in total. The van der Waals surface area contributed by atoms with Crippen molar-refractivity contribution in [3.63, 3.8) is 0 Å². The summed E-state index contributed by atoms with van der Waals surface area (Å²) in [5.41, 5.74) is 0.832. The Kier molecular flexibility index (Phi) is 5.16. The molecule has 0 saturated heterocycles. The van der Waals surface area contributed by atoms with Crippen LogP contribution in [0.15, 0.2) is 24.3 Å². The highest BCUT2D eigenvalue weighted by Gasteiger charge is 2.23. The lowest BCUT2D eigenvalue weighted by Crippen LogP contribution is -2.27. The Hall–Kier alpha value is -1.83. The van der Waals surface area contributed by atoms with Gasteiger partial charge in [-0.15, -0.1) is 0 Å². The van der Waals surface area contributed by atoms with Gasteiger partial charge in [-0.1, -0.05) is 19.3 Å². The van der Waals surface area contributed by atoms with Crippen molar-refractivity contribution >= 4 is 5.69 Å². The minimum atomic E-state index is -2.81. The van der Waals surface area contributed by atoms with E-state index in [1.807, 2.05) is 0 Å². The van der Waals surface area contributed by atoms with E-state index in [4.69, 9.17) is 0 Å².